The van der Waals surface area contributed by atoms with Crippen LogP contribution in [-0.2, 0) is 12.7 Å². The lowest BCUT2D eigenvalue weighted by molar-refractivity contribution is -0.147. The van der Waals surface area contributed by atoms with E-state index in [1.54, 1.807) is 0 Å². The third-order valence-electron chi connectivity index (χ3n) is 2.78. The maximum atomic E-state index is 12.5. The second kappa shape index (κ2) is 3.52. The predicted molar refractivity (Wildman–Crippen MR) is 48.3 cm³/mol. The summed E-state index contributed by atoms with van der Waals surface area (Å²) in [6.07, 6.45) is -1.48. The molecule has 1 unspecified atom stereocenters. The van der Waals surface area contributed by atoms with Gasteiger partial charge in [-0.1, -0.05) is 0 Å². The van der Waals surface area contributed by atoms with Gasteiger partial charge in [-0.3, -0.25) is 0 Å². The van der Waals surface area contributed by atoms with E-state index in [9.17, 15) is 13.2 Å². The molecule has 15 heavy (non-hydrogen) atoms. The van der Waals surface area contributed by atoms with Crippen LogP contribution in [0, 0.1) is 0 Å². The monoisotopic (exact) mass is 219 g/mol. The second-order valence-electron chi connectivity index (χ2n) is 3.73. The highest BCUT2D eigenvalue weighted by Crippen LogP contribution is 2.34. The van der Waals surface area contributed by atoms with Crippen molar-refractivity contribution in [2.45, 2.75) is 31.5 Å². The number of imidazole rings is 1. The van der Waals surface area contributed by atoms with Crippen LogP contribution >= 0.6 is 0 Å². The molecular formula is C9H12F3N3. The highest BCUT2D eigenvalue weighted by Gasteiger charge is 2.38. The largest absolute Gasteiger partial charge is 0.449 e. The van der Waals surface area contributed by atoms with E-state index in [1.165, 1.54) is 10.8 Å². The van der Waals surface area contributed by atoms with Gasteiger partial charge in [0.1, 0.15) is 0 Å². The van der Waals surface area contributed by atoms with Crippen molar-refractivity contribution >= 4 is 0 Å². The van der Waals surface area contributed by atoms with Crippen molar-refractivity contribution in [3.63, 3.8) is 0 Å². The van der Waals surface area contributed by atoms with Crippen molar-refractivity contribution in [1.82, 2.24) is 9.55 Å². The molecule has 0 spiro atoms. The van der Waals surface area contributed by atoms with Gasteiger partial charge in [-0.2, -0.15) is 13.2 Å². The Labute approximate surface area is 85.1 Å². The van der Waals surface area contributed by atoms with Crippen LogP contribution in [-0.4, -0.2) is 16.1 Å². The number of hydrogen-bond acceptors (Lipinski definition) is 2. The maximum Gasteiger partial charge on any atom is 0.449 e. The van der Waals surface area contributed by atoms with Gasteiger partial charge in [0, 0.05) is 30.9 Å². The Morgan fingerprint density at radius 3 is 2.87 bits per heavy atom. The van der Waals surface area contributed by atoms with Gasteiger partial charge in [-0.25, -0.2) is 4.98 Å². The van der Waals surface area contributed by atoms with Crippen molar-refractivity contribution in [3.05, 3.63) is 17.7 Å². The first-order valence-corrected chi connectivity index (χ1v) is 4.86. The van der Waals surface area contributed by atoms with Gasteiger partial charge in [-0.05, 0) is 12.8 Å². The molecule has 1 aromatic rings. The van der Waals surface area contributed by atoms with Crippen LogP contribution in [0.4, 0.5) is 13.2 Å². The molecule has 1 atom stereocenters. The molecule has 0 amide bonds. The summed E-state index contributed by atoms with van der Waals surface area (Å²) in [5.41, 5.74) is 6.14. The van der Waals surface area contributed by atoms with Crippen LogP contribution in [0.3, 0.4) is 0 Å². The molecule has 1 aliphatic rings. The summed E-state index contributed by atoms with van der Waals surface area (Å²) < 4.78 is 38.8. The molecule has 0 aliphatic carbocycles. The predicted octanol–water partition coefficient (Wildman–Crippen LogP) is 1.74. The number of fused-ring (bicyclic) bond motifs is 1. The average molecular weight is 219 g/mol. The van der Waals surface area contributed by atoms with Gasteiger partial charge < -0.3 is 10.3 Å². The van der Waals surface area contributed by atoms with E-state index in [0.29, 0.717) is 18.8 Å². The summed E-state index contributed by atoms with van der Waals surface area (Å²) in [5.74, 6) is -0.780. The number of nitrogens with two attached hydrogens (primary N) is 1. The lowest BCUT2D eigenvalue weighted by Crippen LogP contribution is -2.25. The number of alkyl halides is 3. The van der Waals surface area contributed by atoms with Crippen molar-refractivity contribution in [3.8, 4) is 0 Å². The minimum Gasteiger partial charge on any atom is -0.330 e. The van der Waals surface area contributed by atoms with Crippen LogP contribution in [0.15, 0.2) is 6.20 Å². The minimum atomic E-state index is -4.37. The highest BCUT2D eigenvalue weighted by molar-refractivity contribution is 5.15. The minimum absolute atomic E-state index is 0.0161. The Balaban J connectivity index is 2.42. The van der Waals surface area contributed by atoms with E-state index in [4.69, 9.17) is 5.73 Å². The zero-order valence-electron chi connectivity index (χ0n) is 8.09. The fourth-order valence-electron chi connectivity index (χ4n) is 2.06. The van der Waals surface area contributed by atoms with E-state index in [1.807, 2.05) is 0 Å². The lowest BCUT2D eigenvalue weighted by Gasteiger charge is -2.24. The third kappa shape index (κ3) is 1.73. The maximum absolute atomic E-state index is 12.5. The van der Waals surface area contributed by atoms with Crippen molar-refractivity contribution in [2.75, 3.05) is 6.54 Å². The van der Waals surface area contributed by atoms with E-state index >= 15 is 0 Å². The molecule has 0 aromatic carbocycles. The Hall–Kier alpha value is -1.04. The van der Waals surface area contributed by atoms with Gasteiger partial charge in [-0.15, -0.1) is 0 Å². The van der Waals surface area contributed by atoms with E-state index < -0.39 is 12.0 Å². The quantitative estimate of drug-likeness (QED) is 0.781. The van der Waals surface area contributed by atoms with Crippen molar-refractivity contribution < 1.29 is 13.2 Å². The van der Waals surface area contributed by atoms with Gasteiger partial charge >= 0.3 is 6.18 Å². The molecule has 0 bridgehead atoms. The fourth-order valence-corrected chi connectivity index (χ4v) is 2.06. The van der Waals surface area contributed by atoms with Gasteiger partial charge in [0.05, 0.1) is 0 Å². The van der Waals surface area contributed by atoms with Gasteiger partial charge in [0.2, 0.25) is 5.82 Å². The third-order valence-corrected chi connectivity index (χ3v) is 2.78. The summed E-state index contributed by atoms with van der Waals surface area (Å²) in [5, 5.41) is 0. The molecule has 0 saturated carbocycles. The summed E-state index contributed by atoms with van der Waals surface area (Å²) in [4.78, 5) is 3.45. The van der Waals surface area contributed by atoms with Crippen LogP contribution in [0.5, 0.6) is 0 Å². The lowest BCUT2D eigenvalue weighted by atomic mass is 9.97. The Kier molecular flexibility index (Phi) is 2.46. The number of rotatable bonds is 1. The molecule has 6 heteroatoms. The molecule has 0 radical (unpaired) electrons. The van der Waals surface area contributed by atoms with Crippen LogP contribution in [0.1, 0.15) is 30.3 Å². The Bertz CT molecular complexity index is 356. The van der Waals surface area contributed by atoms with E-state index in [2.05, 4.69) is 4.98 Å². The zero-order chi connectivity index (χ0) is 11.1. The number of aromatic nitrogens is 2. The first kappa shape index (κ1) is 10.5. The molecule has 2 N–H and O–H groups in total. The first-order chi connectivity index (χ1) is 7.04. The van der Waals surface area contributed by atoms with Gasteiger partial charge in [0.15, 0.2) is 0 Å². The number of nitrogens with zero attached hydrogens (tertiary/aromatic N) is 2. The van der Waals surface area contributed by atoms with Crippen LogP contribution < -0.4 is 5.73 Å². The average Bonchev–Trinajstić information content (AvgIpc) is 2.59. The summed E-state index contributed by atoms with van der Waals surface area (Å²) in [6.45, 7) is 0.768. The van der Waals surface area contributed by atoms with Gasteiger partial charge in [0.25, 0.3) is 0 Å². The van der Waals surface area contributed by atoms with Crippen LogP contribution in [0.25, 0.3) is 0 Å². The SMILES string of the molecule is NCC1CCCn2c1cnc2C(F)(F)F. The fraction of sp³-hybridized carbons (Fsp3) is 0.667. The first-order valence-electron chi connectivity index (χ1n) is 4.86. The molecule has 3 nitrogen and oxygen atoms in total. The Morgan fingerprint density at radius 2 is 2.27 bits per heavy atom. The number of hydrogen-bond donors (Lipinski definition) is 1. The smallest absolute Gasteiger partial charge is 0.330 e. The standard InChI is InChI=1S/C9H12F3N3/c10-9(11,12)8-14-5-7-6(4-13)2-1-3-15(7)8/h5-6H,1-4,13H2. The molecule has 84 valence electrons. The number of halogens is 3. The topological polar surface area (TPSA) is 43.8 Å². The molecule has 0 fully saturated rings. The summed E-state index contributed by atoms with van der Waals surface area (Å²) in [6, 6.07) is 0. The normalized spacial score (nSPS) is 21.5. The highest BCUT2D eigenvalue weighted by atomic mass is 19.4. The van der Waals surface area contributed by atoms with E-state index in [-0.39, 0.29) is 5.92 Å². The molecule has 1 aliphatic heterocycles. The van der Waals surface area contributed by atoms with Crippen LogP contribution in [0.2, 0.25) is 0 Å². The molecule has 1 aromatic heterocycles. The van der Waals surface area contributed by atoms with E-state index in [0.717, 1.165) is 12.8 Å². The summed E-state index contributed by atoms with van der Waals surface area (Å²) in [7, 11) is 0. The van der Waals surface area contributed by atoms with Crippen molar-refractivity contribution in [2.24, 2.45) is 5.73 Å². The summed E-state index contributed by atoms with van der Waals surface area (Å²) >= 11 is 0. The second-order valence-corrected chi connectivity index (χ2v) is 3.73. The molecule has 2 heterocycles. The van der Waals surface area contributed by atoms with Crippen molar-refractivity contribution in [1.29, 1.82) is 0 Å². The molecule has 2 rings (SSSR count). The molecule has 0 saturated heterocycles. The Morgan fingerprint density at radius 1 is 1.53 bits per heavy atom. The molecular weight excluding hydrogens is 207 g/mol. The zero-order valence-corrected chi connectivity index (χ0v) is 8.09.